The first-order valence-electron chi connectivity index (χ1n) is 7.62. The van der Waals surface area contributed by atoms with E-state index in [1.165, 1.54) is 0 Å². The molecule has 1 aromatic heterocycles. The van der Waals surface area contributed by atoms with Gasteiger partial charge in [-0.1, -0.05) is 17.7 Å². The summed E-state index contributed by atoms with van der Waals surface area (Å²) in [4.78, 5) is 15.8. The van der Waals surface area contributed by atoms with Crippen LogP contribution in [-0.2, 0) is 4.74 Å². The molecule has 2 N–H and O–H groups in total. The molecule has 1 fully saturated rings. The van der Waals surface area contributed by atoms with Crippen molar-refractivity contribution in [3.05, 3.63) is 59.2 Å². The molecule has 1 saturated heterocycles. The number of ether oxygens (including phenoxy) is 2. The highest BCUT2D eigenvalue weighted by Gasteiger charge is 2.24. The molecule has 1 aliphatic rings. The van der Waals surface area contributed by atoms with Crippen LogP contribution in [0, 0.1) is 0 Å². The molecule has 0 bridgehead atoms. The van der Waals surface area contributed by atoms with Crippen molar-refractivity contribution in [2.75, 3.05) is 18.5 Å². The number of aromatic nitrogens is 1. The van der Waals surface area contributed by atoms with E-state index >= 15 is 0 Å². The third-order valence-electron chi connectivity index (χ3n) is 3.86. The van der Waals surface area contributed by atoms with Crippen LogP contribution in [0.4, 0.5) is 5.69 Å². The Labute approximate surface area is 143 Å². The van der Waals surface area contributed by atoms with Crippen LogP contribution in [0.25, 0.3) is 10.9 Å². The molecule has 2 aromatic carbocycles. The van der Waals surface area contributed by atoms with Gasteiger partial charge in [0.05, 0.1) is 17.9 Å². The number of carbonyl (C=O) groups excluding carboxylic acids is 1. The smallest absolute Gasteiger partial charge is 0.259 e. The molecule has 5 nitrogen and oxygen atoms in total. The van der Waals surface area contributed by atoms with Crippen LogP contribution < -0.4 is 10.1 Å². The highest BCUT2D eigenvalue weighted by atomic mass is 35.5. The number of aromatic amines is 1. The average molecular weight is 343 g/mol. The number of fused-ring (bicyclic) bond motifs is 1. The van der Waals surface area contributed by atoms with Gasteiger partial charge in [0.15, 0.2) is 0 Å². The van der Waals surface area contributed by atoms with Gasteiger partial charge in [0.25, 0.3) is 5.91 Å². The maximum absolute atomic E-state index is 12.7. The fourth-order valence-corrected chi connectivity index (χ4v) is 2.71. The van der Waals surface area contributed by atoms with Gasteiger partial charge in [0.1, 0.15) is 18.5 Å². The Morgan fingerprint density at radius 2 is 2.21 bits per heavy atom. The largest absolute Gasteiger partial charge is 0.490 e. The summed E-state index contributed by atoms with van der Waals surface area (Å²) in [5.41, 5.74) is 2.09. The zero-order chi connectivity index (χ0) is 16.5. The van der Waals surface area contributed by atoms with Crippen molar-refractivity contribution in [2.24, 2.45) is 0 Å². The van der Waals surface area contributed by atoms with Crippen molar-refractivity contribution in [1.82, 2.24) is 4.98 Å². The lowest BCUT2D eigenvalue weighted by molar-refractivity contribution is 0.102. The molecule has 1 amide bonds. The van der Waals surface area contributed by atoms with Crippen molar-refractivity contribution in [2.45, 2.75) is 6.10 Å². The Morgan fingerprint density at radius 1 is 1.33 bits per heavy atom. The fourth-order valence-electron chi connectivity index (χ4n) is 2.54. The molecular formula is C18H15ClN2O3. The molecular weight excluding hydrogens is 328 g/mol. The van der Waals surface area contributed by atoms with Gasteiger partial charge in [-0.15, -0.1) is 0 Å². The zero-order valence-electron chi connectivity index (χ0n) is 12.7. The summed E-state index contributed by atoms with van der Waals surface area (Å²) in [6, 6.07) is 12.6. The van der Waals surface area contributed by atoms with Crippen molar-refractivity contribution < 1.29 is 14.3 Å². The summed E-state index contributed by atoms with van der Waals surface area (Å²) < 4.78 is 10.8. The number of carbonyl (C=O) groups is 1. The van der Waals surface area contributed by atoms with Gasteiger partial charge in [0.2, 0.25) is 0 Å². The molecule has 6 heteroatoms. The number of nitrogens with one attached hydrogen (secondary N) is 2. The maximum Gasteiger partial charge on any atom is 0.259 e. The molecule has 0 saturated carbocycles. The highest BCUT2D eigenvalue weighted by molar-refractivity contribution is 6.31. The number of rotatable bonds is 5. The molecule has 1 unspecified atom stereocenters. The van der Waals surface area contributed by atoms with E-state index in [0.717, 1.165) is 16.6 Å². The Morgan fingerprint density at radius 3 is 3.04 bits per heavy atom. The van der Waals surface area contributed by atoms with Crippen LogP contribution in [-0.4, -0.2) is 30.2 Å². The van der Waals surface area contributed by atoms with Gasteiger partial charge in [-0.05, 0) is 36.4 Å². The summed E-state index contributed by atoms with van der Waals surface area (Å²) >= 11 is 6.05. The van der Waals surface area contributed by atoms with Crippen LogP contribution in [0.2, 0.25) is 5.02 Å². The monoisotopic (exact) mass is 342 g/mol. The van der Waals surface area contributed by atoms with E-state index in [2.05, 4.69) is 10.3 Å². The number of hydrogen-bond donors (Lipinski definition) is 2. The van der Waals surface area contributed by atoms with Crippen LogP contribution >= 0.6 is 11.6 Å². The van der Waals surface area contributed by atoms with Gasteiger partial charge in [-0.3, -0.25) is 4.79 Å². The molecule has 1 aliphatic heterocycles. The van der Waals surface area contributed by atoms with Crippen molar-refractivity contribution >= 4 is 34.1 Å². The fraction of sp³-hybridized carbons (Fsp3) is 0.167. The van der Waals surface area contributed by atoms with Crippen molar-refractivity contribution in [3.63, 3.8) is 0 Å². The Kier molecular flexibility index (Phi) is 3.88. The first-order valence-corrected chi connectivity index (χ1v) is 8.00. The number of benzene rings is 2. The lowest BCUT2D eigenvalue weighted by atomic mass is 10.1. The molecule has 4 rings (SSSR count). The van der Waals surface area contributed by atoms with Crippen LogP contribution in [0.5, 0.6) is 5.75 Å². The predicted octanol–water partition coefficient (Wildman–Crippen LogP) is 3.85. The van der Waals surface area contributed by atoms with Crippen LogP contribution in [0.15, 0.2) is 48.7 Å². The van der Waals surface area contributed by atoms with Gasteiger partial charge in [-0.2, -0.15) is 0 Å². The van der Waals surface area contributed by atoms with Gasteiger partial charge in [-0.25, -0.2) is 0 Å². The summed E-state index contributed by atoms with van der Waals surface area (Å²) in [5, 5.41) is 4.36. The summed E-state index contributed by atoms with van der Waals surface area (Å²) in [7, 11) is 0. The zero-order valence-corrected chi connectivity index (χ0v) is 13.5. The number of amides is 1. The van der Waals surface area contributed by atoms with Crippen LogP contribution in [0.3, 0.4) is 0 Å². The van der Waals surface area contributed by atoms with E-state index in [-0.39, 0.29) is 12.0 Å². The summed E-state index contributed by atoms with van der Waals surface area (Å²) in [6.45, 7) is 1.12. The summed E-state index contributed by atoms with van der Waals surface area (Å²) in [5.74, 6) is 0.228. The average Bonchev–Trinajstić information content (AvgIpc) is 3.28. The molecule has 0 spiro atoms. The summed E-state index contributed by atoms with van der Waals surface area (Å²) in [6.07, 6.45) is 1.95. The second-order valence-corrected chi connectivity index (χ2v) is 6.04. The Hall–Kier alpha value is -2.50. The van der Waals surface area contributed by atoms with Crippen molar-refractivity contribution in [1.29, 1.82) is 0 Å². The standard InChI is InChI=1S/C18H15ClN2O3/c19-11-4-5-17(24-10-12-9-23-12)14(8-11)18(22)21-16-3-1-2-15-13(16)6-7-20-15/h1-8,12,20H,9-10H2,(H,21,22). The van der Waals surface area contributed by atoms with Crippen molar-refractivity contribution in [3.8, 4) is 5.75 Å². The second-order valence-electron chi connectivity index (χ2n) is 5.61. The molecule has 1 atom stereocenters. The minimum atomic E-state index is -0.266. The van der Waals surface area contributed by atoms with Crippen LogP contribution in [0.1, 0.15) is 10.4 Å². The lowest BCUT2D eigenvalue weighted by Gasteiger charge is -2.12. The predicted molar refractivity (Wildman–Crippen MR) is 92.9 cm³/mol. The molecule has 2 heterocycles. The highest BCUT2D eigenvalue weighted by Crippen LogP contribution is 2.27. The minimum absolute atomic E-state index is 0.116. The third-order valence-corrected chi connectivity index (χ3v) is 4.09. The Bertz CT molecular complexity index is 902. The minimum Gasteiger partial charge on any atom is -0.490 e. The van der Waals surface area contributed by atoms with E-state index in [0.29, 0.717) is 29.5 Å². The van der Waals surface area contributed by atoms with Gasteiger partial charge in [0, 0.05) is 22.1 Å². The molecule has 3 aromatic rings. The number of H-pyrrole nitrogens is 1. The topological polar surface area (TPSA) is 66.7 Å². The molecule has 122 valence electrons. The first-order chi connectivity index (χ1) is 11.7. The second kappa shape index (κ2) is 6.19. The quantitative estimate of drug-likeness (QED) is 0.692. The lowest BCUT2D eigenvalue weighted by Crippen LogP contribution is -2.15. The van der Waals surface area contributed by atoms with Gasteiger partial charge >= 0.3 is 0 Å². The maximum atomic E-state index is 12.7. The van der Waals surface area contributed by atoms with E-state index in [9.17, 15) is 4.79 Å². The number of hydrogen-bond acceptors (Lipinski definition) is 3. The number of anilines is 1. The Balaban J connectivity index is 1.61. The number of epoxide rings is 1. The molecule has 0 aliphatic carbocycles. The third kappa shape index (κ3) is 3.09. The molecule has 0 radical (unpaired) electrons. The first kappa shape index (κ1) is 15.1. The SMILES string of the molecule is O=C(Nc1cccc2[nH]ccc12)c1cc(Cl)ccc1OCC1CO1. The normalized spacial score (nSPS) is 16.1. The van der Waals surface area contributed by atoms with E-state index in [1.807, 2.05) is 30.5 Å². The van der Waals surface area contributed by atoms with E-state index < -0.39 is 0 Å². The van der Waals surface area contributed by atoms with Gasteiger partial charge < -0.3 is 19.8 Å². The number of halogens is 1. The van der Waals surface area contributed by atoms with E-state index in [4.69, 9.17) is 21.1 Å². The van der Waals surface area contributed by atoms with E-state index in [1.54, 1.807) is 18.2 Å². The molecule has 24 heavy (non-hydrogen) atoms.